The van der Waals surface area contributed by atoms with E-state index in [2.05, 4.69) is 16.9 Å². The highest BCUT2D eigenvalue weighted by Crippen LogP contribution is 2.10. The highest BCUT2D eigenvalue weighted by molar-refractivity contribution is 7.92. The molecule has 0 radical (unpaired) electrons. The molecule has 0 amide bonds. The predicted octanol–water partition coefficient (Wildman–Crippen LogP) is -0.897. The van der Waals surface area contributed by atoms with Gasteiger partial charge in [0, 0.05) is 28.3 Å². The Morgan fingerprint density at radius 2 is 2.00 bits per heavy atom. The van der Waals surface area contributed by atoms with Gasteiger partial charge in [0.25, 0.3) is 0 Å². The molecule has 1 rings (SSSR count). The molecule has 0 spiro atoms. The number of nitrogens with two attached hydrogens (primary N) is 1. The maximum absolute atomic E-state index is 11.4. The molecule has 1 aliphatic rings. The number of sulfonamides is 1. The standard InChI is InChI=1S/C7H14N2O3S3/c8-7(13)5-15(11,12)9-6-1-3-14(10)4-2-6/h6,9H,1-5H2,(H2,8,13). The van der Waals surface area contributed by atoms with Crippen molar-refractivity contribution in [3.05, 3.63) is 0 Å². The van der Waals surface area contributed by atoms with Gasteiger partial charge in [0.05, 0.1) is 4.99 Å². The lowest BCUT2D eigenvalue weighted by Crippen LogP contribution is -2.42. The summed E-state index contributed by atoms with van der Waals surface area (Å²) in [6.07, 6.45) is 1.23. The molecule has 0 aromatic carbocycles. The van der Waals surface area contributed by atoms with Crippen LogP contribution in [0.2, 0.25) is 0 Å². The van der Waals surface area contributed by atoms with Gasteiger partial charge in [0.1, 0.15) is 5.75 Å². The maximum Gasteiger partial charge on any atom is 0.218 e. The largest absolute Gasteiger partial charge is 0.392 e. The molecule has 1 fully saturated rings. The van der Waals surface area contributed by atoms with E-state index in [1.807, 2.05) is 0 Å². The molecular weight excluding hydrogens is 256 g/mol. The third-order valence-corrected chi connectivity index (χ3v) is 5.16. The molecule has 0 unspecified atom stereocenters. The van der Waals surface area contributed by atoms with Crippen molar-refractivity contribution >= 4 is 38.0 Å². The lowest BCUT2D eigenvalue weighted by molar-refractivity contribution is 0.524. The van der Waals surface area contributed by atoms with Gasteiger partial charge in [-0.2, -0.15) is 0 Å². The van der Waals surface area contributed by atoms with Gasteiger partial charge >= 0.3 is 0 Å². The van der Waals surface area contributed by atoms with Crippen molar-refractivity contribution in [1.82, 2.24) is 4.72 Å². The molecule has 88 valence electrons. The van der Waals surface area contributed by atoms with Gasteiger partial charge in [-0.05, 0) is 12.8 Å². The minimum absolute atomic E-state index is 0.0399. The summed E-state index contributed by atoms with van der Waals surface area (Å²) in [5, 5.41) is 0. The summed E-state index contributed by atoms with van der Waals surface area (Å²) < 4.78 is 36.4. The summed E-state index contributed by atoms with van der Waals surface area (Å²) in [5.41, 5.74) is 5.17. The van der Waals surface area contributed by atoms with E-state index in [4.69, 9.17) is 5.73 Å². The molecule has 1 heterocycles. The normalized spacial score (nSPS) is 27.5. The summed E-state index contributed by atoms with van der Waals surface area (Å²) in [6.45, 7) is 0. The Morgan fingerprint density at radius 1 is 1.47 bits per heavy atom. The van der Waals surface area contributed by atoms with Crippen molar-refractivity contribution < 1.29 is 12.6 Å². The minimum Gasteiger partial charge on any atom is -0.392 e. The van der Waals surface area contributed by atoms with Crippen LogP contribution in [0.3, 0.4) is 0 Å². The molecule has 0 aromatic heterocycles. The number of rotatable bonds is 4. The number of hydrogen-bond donors (Lipinski definition) is 2. The quantitative estimate of drug-likeness (QED) is 0.647. The Kier molecular flexibility index (Phi) is 4.63. The molecule has 8 heteroatoms. The Balaban J connectivity index is 2.47. The molecule has 0 aliphatic carbocycles. The summed E-state index contributed by atoms with van der Waals surface area (Å²) in [6, 6.07) is -0.123. The fourth-order valence-electron chi connectivity index (χ4n) is 1.39. The molecule has 0 bridgehead atoms. The first-order valence-electron chi connectivity index (χ1n) is 4.52. The predicted molar refractivity (Wildman–Crippen MR) is 64.6 cm³/mol. The summed E-state index contributed by atoms with van der Waals surface area (Å²) in [7, 11) is -4.20. The number of hydrogen-bond acceptors (Lipinski definition) is 4. The molecular formula is C7H14N2O3S3. The van der Waals surface area contributed by atoms with E-state index < -0.39 is 20.8 Å². The first kappa shape index (κ1) is 13.0. The molecule has 15 heavy (non-hydrogen) atoms. The van der Waals surface area contributed by atoms with Gasteiger partial charge in [-0.3, -0.25) is 4.21 Å². The van der Waals surface area contributed by atoms with Crippen LogP contribution in [0.1, 0.15) is 12.8 Å². The molecule has 1 saturated heterocycles. The van der Waals surface area contributed by atoms with Crippen molar-refractivity contribution in [3.8, 4) is 0 Å². The van der Waals surface area contributed by atoms with E-state index >= 15 is 0 Å². The van der Waals surface area contributed by atoms with Crippen LogP contribution in [0, 0.1) is 0 Å². The lowest BCUT2D eigenvalue weighted by atomic mass is 10.2. The van der Waals surface area contributed by atoms with Crippen LogP contribution in [-0.2, 0) is 20.8 Å². The average Bonchev–Trinajstić information content (AvgIpc) is 2.06. The molecule has 0 saturated carbocycles. The summed E-state index contributed by atoms with van der Waals surface area (Å²) in [4.78, 5) is -0.0399. The van der Waals surface area contributed by atoms with Gasteiger partial charge < -0.3 is 5.73 Å². The van der Waals surface area contributed by atoms with Gasteiger partial charge in [0.15, 0.2) is 0 Å². The molecule has 5 nitrogen and oxygen atoms in total. The van der Waals surface area contributed by atoms with Gasteiger partial charge in [-0.15, -0.1) is 0 Å². The zero-order chi connectivity index (χ0) is 11.5. The van der Waals surface area contributed by atoms with Gasteiger partial charge in [-0.1, -0.05) is 12.2 Å². The van der Waals surface area contributed by atoms with Crippen LogP contribution in [-0.4, -0.2) is 40.9 Å². The van der Waals surface area contributed by atoms with Crippen molar-refractivity contribution in [2.75, 3.05) is 17.3 Å². The number of nitrogens with one attached hydrogen (secondary N) is 1. The third-order valence-electron chi connectivity index (χ3n) is 2.07. The average molecular weight is 270 g/mol. The van der Waals surface area contributed by atoms with Crippen LogP contribution in [0.15, 0.2) is 0 Å². The van der Waals surface area contributed by atoms with Crippen LogP contribution in [0.4, 0.5) is 0 Å². The van der Waals surface area contributed by atoms with E-state index in [1.165, 1.54) is 0 Å². The van der Waals surface area contributed by atoms with Gasteiger partial charge in [0.2, 0.25) is 10.0 Å². The van der Waals surface area contributed by atoms with Crippen LogP contribution in [0.5, 0.6) is 0 Å². The summed E-state index contributed by atoms with van der Waals surface area (Å²) >= 11 is 4.54. The molecule has 0 atom stereocenters. The van der Waals surface area contributed by atoms with Crippen molar-refractivity contribution in [2.24, 2.45) is 5.73 Å². The second kappa shape index (κ2) is 5.33. The van der Waals surface area contributed by atoms with Crippen molar-refractivity contribution in [3.63, 3.8) is 0 Å². The van der Waals surface area contributed by atoms with E-state index in [0.29, 0.717) is 24.3 Å². The molecule has 1 aliphatic heterocycles. The number of thiocarbonyl (C=S) groups is 1. The Hall–Kier alpha value is -0.0500. The monoisotopic (exact) mass is 270 g/mol. The van der Waals surface area contributed by atoms with Crippen LogP contribution in [0.25, 0.3) is 0 Å². The van der Waals surface area contributed by atoms with Crippen molar-refractivity contribution in [1.29, 1.82) is 0 Å². The van der Waals surface area contributed by atoms with Crippen LogP contribution >= 0.6 is 12.2 Å². The van der Waals surface area contributed by atoms with Gasteiger partial charge in [-0.25, -0.2) is 13.1 Å². The first-order chi connectivity index (χ1) is 6.89. The Bertz CT molecular complexity index is 356. The fraction of sp³-hybridized carbons (Fsp3) is 0.857. The highest BCUT2D eigenvalue weighted by Gasteiger charge is 2.22. The lowest BCUT2D eigenvalue weighted by Gasteiger charge is -2.22. The maximum atomic E-state index is 11.4. The Labute approximate surface area is 97.3 Å². The molecule has 0 aromatic rings. The van der Waals surface area contributed by atoms with E-state index in [1.54, 1.807) is 0 Å². The topological polar surface area (TPSA) is 89.3 Å². The first-order valence-corrected chi connectivity index (χ1v) is 8.07. The second-order valence-electron chi connectivity index (χ2n) is 3.47. The SMILES string of the molecule is NC(=S)CS(=O)(=O)NC1CCS(=O)CC1. The smallest absolute Gasteiger partial charge is 0.218 e. The van der Waals surface area contributed by atoms with E-state index in [9.17, 15) is 12.6 Å². The zero-order valence-electron chi connectivity index (χ0n) is 8.14. The molecule has 3 N–H and O–H groups in total. The fourth-order valence-corrected chi connectivity index (χ4v) is 4.36. The van der Waals surface area contributed by atoms with Crippen LogP contribution < -0.4 is 10.5 Å². The minimum atomic E-state index is -3.41. The third kappa shape index (κ3) is 5.01. The zero-order valence-corrected chi connectivity index (χ0v) is 10.6. The van der Waals surface area contributed by atoms with E-state index in [0.717, 1.165) is 0 Å². The second-order valence-corrected chi connectivity index (χ2v) is 7.44. The van der Waals surface area contributed by atoms with Crippen molar-refractivity contribution in [2.45, 2.75) is 18.9 Å². The van der Waals surface area contributed by atoms with E-state index in [-0.39, 0.29) is 16.8 Å². The highest BCUT2D eigenvalue weighted by atomic mass is 32.2. The Morgan fingerprint density at radius 3 is 2.47 bits per heavy atom. The summed E-state index contributed by atoms with van der Waals surface area (Å²) in [5.74, 6) is 0.794.